The summed E-state index contributed by atoms with van der Waals surface area (Å²) in [6, 6.07) is 76.8. The van der Waals surface area contributed by atoms with Crippen molar-refractivity contribution in [1.82, 2.24) is 15.3 Å². The molecule has 0 radical (unpaired) electrons. The molecule has 296 valence electrons. The van der Waals surface area contributed by atoms with Crippen LogP contribution in [0.1, 0.15) is 35.3 Å². The van der Waals surface area contributed by atoms with Crippen molar-refractivity contribution in [2.75, 3.05) is 0 Å². The summed E-state index contributed by atoms with van der Waals surface area (Å²) in [4.78, 5) is 15.5. The fraction of sp³-hybridized carbons (Fsp3) is 0.0517. The van der Waals surface area contributed by atoms with E-state index in [1.807, 2.05) is 30.3 Å². The van der Waals surface area contributed by atoms with Crippen LogP contribution in [-0.2, 0) is 0 Å². The van der Waals surface area contributed by atoms with Gasteiger partial charge in [0, 0.05) is 33.5 Å². The lowest BCUT2D eigenvalue weighted by Crippen LogP contribution is -2.27. The van der Waals surface area contributed by atoms with Gasteiger partial charge in [-0.1, -0.05) is 218 Å². The number of nitrogens with zero attached hydrogens (tertiary/aromatic N) is 3. The van der Waals surface area contributed by atoms with Crippen LogP contribution in [0.15, 0.2) is 229 Å². The van der Waals surface area contributed by atoms with Crippen LogP contribution in [0.5, 0.6) is 0 Å². The van der Waals surface area contributed by atoms with Crippen molar-refractivity contribution in [2.45, 2.75) is 20.0 Å². The topological polar surface area (TPSA) is 50.2 Å². The Balaban J connectivity index is 0.987. The van der Waals surface area contributed by atoms with Gasteiger partial charge in [0.25, 0.3) is 0 Å². The number of aliphatic imine (C=N–C) groups is 1. The molecule has 1 aliphatic rings. The zero-order valence-electron chi connectivity index (χ0n) is 34.7. The van der Waals surface area contributed by atoms with Gasteiger partial charge < -0.3 is 5.32 Å². The molecule has 4 heteroatoms. The number of hydrogen-bond donors (Lipinski definition) is 1. The number of allylic oxidation sites excluding steroid dienone is 1. The van der Waals surface area contributed by atoms with Gasteiger partial charge in [-0.05, 0) is 63.9 Å². The number of benzene rings is 8. The van der Waals surface area contributed by atoms with Gasteiger partial charge in [0.2, 0.25) is 0 Å². The van der Waals surface area contributed by atoms with Gasteiger partial charge in [0.15, 0.2) is 5.82 Å². The first kappa shape index (κ1) is 38.3. The Hall–Kier alpha value is -7.95. The van der Waals surface area contributed by atoms with Gasteiger partial charge in [-0.15, -0.1) is 0 Å². The molecule has 1 atom stereocenters. The van der Waals surface area contributed by atoms with Crippen LogP contribution in [0, 0.1) is 6.92 Å². The molecule has 0 fully saturated rings. The van der Waals surface area contributed by atoms with Gasteiger partial charge in [-0.3, -0.25) is 4.99 Å². The minimum absolute atomic E-state index is 0.195. The first-order valence-electron chi connectivity index (χ1n) is 21.1. The van der Waals surface area contributed by atoms with Crippen molar-refractivity contribution in [3.05, 3.63) is 246 Å². The maximum absolute atomic E-state index is 5.22. The number of rotatable bonds is 9. The summed E-state index contributed by atoms with van der Waals surface area (Å²) >= 11 is 0. The van der Waals surface area contributed by atoms with Crippen LogP contribution < -0.4 is 5.32 Å². The fourth-order valence-corrected chi connectivity index (χ4v) is 8.56. The quantitative estimate of drug-likeness (QED) is 0.158. The van der Waals surface area contributed by atoms with Gasteiger partial charge in [-0.2, -0.15) is 0 Å². The SMILES string of the molecule is CC1=C(c2ccc(-c3ccccc3-c3ccccc3-c3ccc(-c4nc(-c5ccccc5)nc(-c5ccccc5)c4C)cc3)cc2)NC(c2ccccc2)N=C1c1ccccc1. The van der Waals surface area contributed by atoms with Crippen molar-refractivity contribution in [3.8, 4) is 67.3 Å². The molecule has 4 nitrogen and oxygen atoms in total. The molecule has 0 saturated heterocycles. The summed E-state index contributed by atoms with van der Waals surface area (Å²) in [6.07, 6.45) is -0.195. The Morgan fingerprint density at radius 1 is 0.355 bits per heavy atom. The molecule has 1 aliphatic heterocycles. The summed E-state index contributed by atoms with van der Waals surface area (Å²) in [5.74, 6) is 0.716. The lowest BCUT2D eigenvalue weighted by atomic mass is 9.88. The highest BCUT2D eigenvalue weighted by atomic mass is 15.1. The molecule has 0 amide bonds. The molecular formula is C58H44N4. The molecule has 2 heterocycles. The third-order valence-electron chi connectivity index (χ3n) is 11.8. The monoisotopic (exact) mass is 796 g/mol. The van der Waals surface area contributed by atoms with Crippen LogP contribution in [0.4, 0.5) is 0 Å². The van der Waals surface area contributed by atoms with E-state index in [9.17, 15) is 0 Å². The van der Waals surface area contributed by atoms with Gasteiger partial charge in [0.1, 0.15) is 6.17 Å². The van der Waals surface area contributed by atoms with Crippen molar-refractivity contribution in [3.63, 3.8) is 0 Å². The Kier molecular flexibility index (Phi) is 10.5. The highest BCUT2D eigenvalue weighted by Crippen LogP contribution is 2.40. The lowest BCUT2D eigenvalue weighted by Gasteiger charge is -2.28. The predicted molar refractivity (Wildman–Crippen MR) is 257 cm³/mol. The van der Waals surface area contributed by atoms with E-state index in [2.05, 4.69) is 207 Å². The smallest absolute Gasteiger partial charge is 0.160 e. The van der Waals surface area contributed by atoms with Gasteiger partial charge in [0.05, 0.1) is 17.1 Å². The van der Waals surface area contributed by atoms with E-state index in [1.165, 1.54) is 22.3 Å². The third-order valence-corrected chi connectivity index (χ3v) is 11.8. The zero-order chi connectivity index (χ0) is 41.8. The summed E-state index contributed by atoms with van der Waals surface area (Å²) in [5, 5.41) is 3.78. The van der Waals surface area contributed by atoms with Crippen LogP contribution in [0.25, 0.3) is 73.0 Å². The molecule has 62 heavy (non-hydrogen) atoms. The van der Waals surface area contributed by atoms with Crippen LogP contribution in [-0.4, -0.2) is 15.7 Å². The molecule has 1 N–H and O–H groups in total. The highest BCUT2D eigenvalue weighted by molar-refractivity contribution is 6.17. The van der Waals surface area contributed by atoms with E-state index in [0.717, 1.165) is 78.4 Å². The van der Waals surface area contributed by atoms with Gasteiger partial charge >= 0.3 is 0 Å². The predicted octanol–water partition coefficient (Wildman–Crippen LogP) is 14.3. The number of nitrogens with one attached hydrogen (secondary N) is 1. The zero-order valence-corrected chi connectivity index (χ0v) is 34.7. The molecule has 1 unspecified atom stereocenters. The Morgan fingerprint density at radius 3 is 1.26 bits per heavy atom. The molecule has 0 saturated carbocycles. The van der Waals surface area contributed by atoms with E-state index in [1.54, 1.807) is 0 Å². The maximum Gasteiger partial charge on any atom is 0.160 e. The standard InChI is InChI=1S/C58H44N4/c1-39-53(43-19-7-3-8-20-43)59-57(47-23-11-5-12-24-47)61-55(39)45-35-31-41(32-36-45)49-27-15-17-29-51(49)52-30-18-16-28-50(52)42-33-37-46(38-34-42)56-40(2)54(44-21-9-4-10-22-44)60-58(62-56)48-25-13-6-14-26-48/h3-38,57,61H,1-2H3. The first-order valence-corrected chi connectivity index (χ1v) is 21.1. The van der Waals surface area contributed by atoms with Crippen molar-refractivity contribution in [1.29, 1.82) is 0 Å². The molecule has 0 bridgehead atoms. The summed E-state index contributed by atoms with van der Waals surface area (Å²) < 4.78 is 0. The molecule has 1 aromatic heterocycles. The van der Waals surface area contributed by atoms with E-state index < -0.39 is 0 Å². The molecular weight excluding hydrogens is 753 g/mol. The van der Waals surface area contributed by atoms with Crippen LogP contribution in [0.2, 0.25) is 0 Å². The summed E-state index contributed by atoms with van der Waals surface area (Å²) in [6.45, 7) is 4.29. The van der Waals surface area contributed by atoms with E-state index in [-0.39, 0.29) is 6.17 Å². The van der Waals surface area contributed by atoms with Gasteiger partial charge in [-0.25, -0.2) is 9.97 Å². The van der Waals surface area contributed by atoms with Crippen LogP contribution >= 0.6 is 0 Å². The van der Waals surface area contributed by atoms with E-state index >= 15 is 0 Å². The Labute approximate surface area is 363 Å². The number of aromatic nitrogens is 2. The summed E-state index contributed by atoms with van der Waals surface area (Å²) in [5.41, 5.74) is 19.6. The number of hydrogen-bond acceptors (Lipinski definition) is 4. The molecule has 9 aromatic rings. The normalized spacial score (nSPS) is 13.6. The second kappa shape index (κ2) is 17.0. The van der Waals surface area contributed by atoms with Crippen LogP contribution in [0.3, 0.4) is 0 Å². The largest absolute Gasteiger partial charge is 0.359 e. The molecule has 8 aromatic carbocycles. The fourth-order valence-electron chi connectivity index (χ4n) is 8.56. The molecule has 0 aliphatic carbocycles. The van der Waals surface area contributed by atoms with E-state index in [4.69, 9.17) is 15.0 Å². The second-order valence-corrected chi connectivity index (χ2v) is 15.6. The summed E-state index contributed by atoms with van der Waals surface area (Å²) in [7, 11) is 0. The van der Waals surface area contributed by atoms with Crippen molar-refractivity contribution < 1.29 is 0 Å². The Bertz CT molecular complexity index is 3060. The van der Waals surface area contributed by atoms with E-state index in [0.29, 0.717) is 5.82 Å². The first-order chi connectivity index (χ1) is 30.6. The highest BCUT2D eigenvalue weighted by Gasteiger charge is 2.24. The Morgan fingerprint density at radius 2 is 0.742 bits per heavy atom. The minimum atomic E-state index is -0.195. The molecule has 10 rings (SSSR count). The van der Waals surface area contributed by atoms with Crippen molar-refractivity contribution >= 4 is 11.4 Å². The average Bonchev–Trinajstić information content (AvgIpc) is 3.35. The minimum Gasteiger partial charge on any atom is -0.359 e. The maximum atomic E-state index is 5.22. The lowest BCUT2D eigenvalue weighted by molar-refractivity contribution is 0.660. The van der Waals surface area contributed by atoms with Crippen molar-refractivity contribution in [2.24, 2.45) is 4.99 Å². The third kappa shape index (κ3) is 7.55. The second-order valence-electron chi connectivity index (χ2n) is 15.6. The molecule has 0 spiro atoms. The average molecular weight is 797 g/mol.